The van der Waals surface area contributed by atoms with E-state index in [4.69, 9.17) is 9.47 Å². The molecular formula is C26H24N6O3. The van der Waals surface area contributed by atoms with Crippen LogP contribution in [-0.4, -0.2) is 55.9 Å². The molecule has 35 heavy (non-hydrogen) atoms. The maximum Gasteiger partial charge on any atom is 0.255 e. The average Bonchev–Trinajstić information content (AvgIpc) is 2.94. The molecule has 9 heteroatoms. The molecule has 1 amide bonds. The summed E-state index contributed by atoms with van der Waals surface area (Å²) in [6.45, 7) is 1.24. The molecule has 0 unspecified atom stereocenters. The lowest BCUT2D eigenvalue weighted by Crippen LogP contribution is -2.39. The van der Waals surface area contributed by atoms with Crippen LogP contribution in [0.4, 0.5) is 0 Å². The van der Waals surface area contributed by atoms with Crippen molar-refractivity contribution in [2.24, 2.45) is 0 Å². The normalized spacial score (nSPS) is 15.5. The van der Waals surface area contributed by atoms with Crippen LogP contribution in [0, 0.1) is 0 Å². The smallest absolute Gasteiger partial charge is 0.255 e. The topological polar surface area (TPSA) is 103 Å². The average molecular weight is 469 g/mol. The van der Waals surface area contributed by atoms with Gasteiger partial charge in [-0.15, -0.1) is 0 Å². The summed E-state index contributed by atoms with van der Waals surface area (Å²) in [6.07, 6.45) is 11.6. The molecule has 1 aromatic carbocycles. The number of hydrogen-bond donors (Lipinski definition) is 0. The van der Waals surface area contributed by atoms with Gasteiger partial charge < -0.3 is 14.4 Å². The van der Waals surface area contributed by atoms with Crippen molar-refractivity contribution >= 4 is 5.91 Å². The molecule has 0 N–H and O–H groups in total. The largest absolute Gasteiger partial charge is 0.493 e. The fourth-order valence-electron chi connectivity index (χ4n) is 4.13. The molecule has 3 aromatic heterocycles. The summed E-state index contributed by atoms with van der Waals surface area (Å²) >= 11 is 0. The summed E-state index contributed by atoms with van der Waals surface area (Å²) in [6, 6.07) is 11.0. The van der Waals surface area contributed by atoms with Gasteiger partial charge in [0.25, 0.3) is 5.91 Å². The first kappa shape index (κ1) is 22.4. The van der Waals surface area contributed by atoms with Crippen LogP contribution in [-0.2, 0) is 0 Å². The number of likely N-dealkylation sites (tertiary alicyclic amines) is 1. The van der Waals surface area contributed by atoms with Crippen molar-refractivity contribution in [3.05, 3.63) is 85.0 Å². The number of carbonyl (C=O) groups is 1. The van der Waals surface area contributed by atoms with Gasteiger partial charge in [-0.3, -0.25) is 14.8 Å². The lowest BCUT2D eigenvalue weighted by Gasteiger charge is -2.32. The van der Waals surface area contributed by atoms with Gasteiger partial charge >= 0.3 is 0 Å². The van der Waals surface area contributed by atoms with E-state index in [1.54, 1.807) is 44.2 Å². The van der Waals surface area contributed by atoms with Crippen molar-refractivity contribution < 1.29 is 14.3 Å². The zero-order valence-electron chi connectivity index (χ0n) is 19.2. The number of rotatable bonds is 6. The van der Waals surface area contributed by atoms with Gasteiger partial charge in [-0.25, -0.2) is 15.0 Å². The molecule has 0 bridgehead atoms. The predicted octanol–water partition coefficient (Wildman–Crippen LogP) is 4.15. The monoisotopic (exact) mass is 468 g/mol. The van der Waals surface area contributed by atoms with Crippen LogP contribution in [0.5, 0.6) is 17.4 Å². The Morgan fingerprint density at radius 3 is 2.57 bits per heavy atom. The lowest BCUT2D eigenvalue weighted by atomic mass is 9.94. The van der Waals surface area contributed by atoms with Crippen LogP contribution in [0.3, 0.4) is 0 Å². The molecule has 1 atom stereocenters. The van der Waals surface area contributed by atoms with Crippen molar-refractivity contribution in [3.8, 4) is 28.6 Å². The second-order valence-corrected chi connectivity index (χ2v) is 8.18. The molecule has 0 radical (unpaired) electrons. The van der Waals surface area contributed by atoms with E-state index in [0.717, 1.165) is 29.8 Å². The number of hydrogen-bond acceptors (Lipinski definition) is 8. The highest BCUT2D eigenvalue weighted by Gasteiger charge is 2.27. The third-order valence-electron chi connectivity index (χ3n) is 5.91. The number of para-hydroxylation sites is 2. The third-order valence-corrected chi connectivity index (χ3v) is 5.91. The van der Waals surface area contributed by atoms with Gasteiger partial charge in [0, 0.05) is 49.4 Å². The van der Waals surface area contributed by atoms with E-state index in [2.05, 4.69) is 24.9 Å². The number of aromatic nitrogens is 5. The van der Waals surface area contributed by atoms with Gasteiger partial charge in [0.15, 0.2) is 11.5 Å². The number of pyridine rings is 1. The molecule has 1 aliphatic rings. The fourth-order valence-corrected chi connectivity index (χ4v) is 4.13. The summed E-state index contributed by atoms with van der Waals surface area (Å²) in [5, 5.41) is 0. The Hall–Kier alpha value is -4.40. The van der Waals surface area contributed by atoms with Crippen molar-refractivity contribution in [1.29, 1.82) is 0 Å². The second-order valence-electron chi connectivity index (χ2n) is 8.18. The summed E-state index contributed by atoms with van der Waals surface area (Å²) in [4.78, 5) is 36.5. The number of carbonyl (C=O) groups excluding carboxylic acids is 1. The Morgan fingerprint density at radius 2 is 1.80 bits per heavy atom. The molecule has 0 aliphatic carbocycles. The van der Waals surface area contributed by atoms with E-state index >= 15 is 0 Å². The number of benzene rings is 1. The summed E-state index contributed by atoms with van der Waals surface area (Å²) < 4.78 is 11.3. The minimum atomic E-state index is -0.0487. The van der Waals surface area contributed by atoms with E-state index in [9.17, 15) is 4.79 Å². The minimum Gasteiger partial charge on any atom is -0.493 e. The molecule has 1 aliphatic heterocycles. The van der Waals surface area contributed by atoms with Gasteiger partial charge in [0.05, 0.1) is 30.3 Å². The molecule has 0 saturated carbocycles. The molecule has 1 fully saturated rings. The molecule has 5 rings (SSSR count). The number of piperidine rings is 1. The Labute approximate surface area is 202 Å². The summed E-state index contributed by atoms with van der Waals surface area (Å²) in [7, 11) is 1.59. The maximum absolute atomic E-state index is 13.2. The Bertz CT molecular complexity index is 1300. The first-order valence-corrected chi connectivity index (χ1v) is 11.3. The van der Waals surface area contributed by atoms with Gasteiger partial charge in [0.2, 0.25) is 5.88 Å². The molecule has 1 saturated heterocycles. The molecular weight excluding hydrogens is 444 g/mol. The second kappa shape index (κ2) is 10.3. The van der Waals surface area contributed by atoms with Gasteiger partial charge in [0.1, 0.15) is 6.33 Å². The molecule has 176 valence electrons. The number of ether oxygens (including phenoxy) is 2. The first-order valence-electron chi connectivity index (χ1n) is 11.3. The van der Waals surface area contributed by atoms with Crippen molar-refractivity contribution in [1.82, 2.24) is 29.8 Å². The zero-order chi connectivity index (χ0) is 24.0. The third kappa shape index (κ3) is 5.08. The van der Waals surface area contributed by atoms with Crippen LogP contribution in [0.1, 0.15) is 34.8 Å². The van der Waals surface area contributed by atoms with Gasteiger partial charge in [-0.1, -0.05) is 12.1 Å². The first-order chi connectivity index (χ1) is 17.2. The van der Waals surface area contributed by atoms with Crippen molar-refractivity contribution in [2.75, 3.05) is 20.2 Å². The van der Waals surface area contributed by atoms with Crippen LogP contribution in [0.25, 0.3) is 11.3 Å². The predicted molar refractivity (Wildman–Crippen MR) is 128 cm³/mol. The van der Waals surface area contributed by atoms with Crippen LogP contribution in [0.2, 0.25) is 0 Å². The number of methoxy groups -OCH3 is 1. The summed E-state index contributed by atoms with van der Waals surface area (Å²) in [5.74, 6) is 1.59. The van der Waals surface area contributed by atoms with E-state index < -0.39 is 0 Å². The Morgan fingerprint density at radius 1 is 0.971 bits per heavy atom. The number of nitrogens with zero attached hydrogens (tertiary/aromatic N) is 6. The highest BCUT2D eigenvalue weighted by Crippen LogP contribution is 2.32. The minimum absolute atomic E-state index is 0.0487. The molecule has 4 heterocycles. The van der Waals surface area contributed by atoms with E-state index in [1.165, 1.54) is 6.33 Å². The van der Waals surface area contributed by atoms with E-state index in [-0.39, 0.29) is 11.8 Å². The number of amides is 1. The fraction of sp³-hybridized carbons (Fsp3) is 0.231. The highest BCUT2D eigenvalue weighted by atomic mass is 16.5. The SMILES string of the molecule is COc1ccccc1Oc1cncc([C@@H]2CCCN(C(=O)c3ccc(-c4cncnc4)nc3)C2)n1. The quantitative estimate of drug-likeness (QED) is 0.416. The van der Waals surface area contributed by atoms with Crippen molar-refractivity contribution in [2.45, 2.75) is 18.8 Å². The molecule has 0 spiro atoms. The van der Waals surface area contributed by atoms with Crippen LogP contribution in [0.15, 0.2) is 73.7 Å². The van der Waals surface area contributed by atoms with Crippen LogP contribution < -0.4 is 9.47 Å². The Kier molecular flexibility index (Phi) is 6.56. The maximum atomic E-state index is 13.2. The van der Waals surface area contributed by atoms with E-state index in [0.29, 0.717) is 36.0 Å². The van der Waals surface area contributed by atoms with Gasteiger partial charge in [-0.05, 0) is 37.1 Å². The van der Waals surface area contributed by atoms with E-state index in [1.807, 2.05) is 35.2 Å². The molecule has 4 aromatic rings. The van der Waals surface area contributed by atoms with Crippen molar-refractivity contribution in [3.63, 3.8) is 0 Å². The Balaban J connectivity index is 1.28. The standard InChI is InChI=1S/C26H24N6O3/c1-34-23-6-2-3-7-24(23)35-25-15-27-14-22(31-25)19-5-4-10-32(16-19)26(33)18-8-9-21(30-13-18)20-11-28-17-29-12-20/h2-3,6-9,11-15,17,19H,4-5,10,16H2,1H3/t19-/m1/s1. The van der Waals surface area contributed by atoms with Gasteiger partial charge in [-0.2, -0.15) is 0 Å². The zero-order valence-corrected chi connectivity index (χ0v) is 19.2. The van der Waals surface area contributed by atoms with Crippen LogP contribution >= 0.6 is 0 Å². The summed E-state index contributed by atoms with van der Waals surface area (Å²) in [5.41, 5.74) is 2.87. The highest BCUT2D eigenvalue weighted by molar-refractivity contribution is 5.94. The molecule has 9 nitrogen and oxygen atoms in total. The lowest BCUT2D eigenvalue weighted by molar-refractivity contribution is 0.0705.